The Morgan fingerprint density at radius 1 is 0.818 bits per heavy atom. The van der Waals surface area contributed by atoms with E-state index in [1.807, 2.05) is 0 Å². The fourth-order valence-corrected chi connectivity index (χ4v) is 4.77. The van der Waals surface area contributed by atoms with Crippen molar-refractivity contribution in [3.8, 4) is 0 Å². The Bertz CT molecular complexity index is 1570. The normalized spacial score (nSPS) is 14.4. The first-order valence-electron chi connectivity index (χ1n) is 12.5. The topological polar surface area (TPSA) is 49.4 Å². The lowest BCUT2D eigenvalue weighted by Crippen LogP contribution is -2.50. The maximum Gasteiger partial charge on any atom is 0.435 e. The number of nitrogens with one attached hydrogen (secondary N) is 1. The summed E-state index contributed by atoms with van der Waals surface area (Å²) in [6.45, 7) is 0.0330. The van der Waals surface area contributed by atoms with Crippen LogP contribution in [0.25, 0.3) is 0 Å². The Balaban J connectivity index is 1.73. The van der Waals surface area contributed by atoms with Gasteiger partial charge in [0.2, 0.25) is 0 Å². The molecular formula is C28H18BrF11N2O2. The zero-order valence-corrected chi connectivity index (χ0v) is 23.4. The Kier molecular flexibility index (Phi) is 8.81. The van der Waals surface area contributed by atoms with Crippen molar-refractivity contribution in [2.45, 2.75) is 37.0 Å². The van der Waals surface area contributed by atoms with Crippen LogP contribution >= 0.6 is 15.9 Å². The number of amides is 2. The van der Waals surface area contributed by atoms with Crippen molar-refractivity contribution in [1.82, 2.24) is 0 Å². The molecule has 16 heteroatoms. The van der Waals surface area contributed by atoms with Crippen LogP contribution in [0.2, 0.25) is 0 Å². The van der Waals surface area contributed by atoms with E-state index in [-0.39, 0.29) is 30.2 Å². The second-order valence-electron chi connectivity index (χ2n) is 9.84. The highest BCUT2D eigenvalue weighted by atomic mass is 79.9. The van der Waals surface area contributed by atoms with E-state index in [0.29, 0.717) is 4.47 Å². The van der Waals surface area contributed by atoms with Gasteiger partial charge in [-0.05, 0) is 71.1 Å². The van der Waals surface area contributed by atoms with E-state index >= 15 is 4.39 Å². The molecule has 4 nitrogen and oxygen atoms in total. The summed E-state index contributed by atoms with van der Waals surface area (Å²) < 4.78 is 151. The molecule has 1 aliphatic rings. The van der Waals surface area contributed by atoms with E-state index in [1.165, 1.54) is 6.07 Å². The van der Waals surface area contributed by atoms with E-state index in [2.05, 4.69) is 15.9 Å². The maximum absolute atomic E-state index is 15.8. The summed E-state index contributed by atoms with van der Waals surface area (Å²) in [5, 5.41) is 1.62. The zero-order chi connectivity index (χ0) is 32.8. The van der Waals surface area contributed by atoms with Crippen LogP contribution in [0.3, 0.4) is 0 Å². The van der Waals surface area contributed by atoms with Gasteiger partial charge >= 0.3 is 24.2 Å². The lowest BCUT2D eigenvalue weighted by atomic mass is 9.92. The van der Waals surface area contributed by atoms with Crippen LogP contribution in [0.5, 0.6) is 0 Å². The Labute approximate surface area is 250 Å². The number of carbonyl (C=O) groups excluding carboxylic acids is 2. The predicted molar refractivity (Wildman–Crippen MR) is 139 cm³/mol. The standard InChI is InChI=1S/C28H18BrF11N2O2/c29-19-6-2-1-4-16(19)24(44)42(13-14-8-9-14)21-7-3-5-17(22(21)30)23(43)41-20-11-10-15(12-18(20)26(32,33)34)25(31,27(35,36)37)28(38,39)40/h1-7,10-12,14H,8-9,13H2,(H,41,43). The van der Waals surface area contributed by atoms with Crippen molar-refractivity contribution in [3.05, 3.63) is 93.2 Å². The summed E-state index contributed by atoms with van der Waals surface area (Å²) in [5.41, 5.74) is -13.4. The monoisotopic (exact) mass is 702 g/mol. The van der Waals surface area contributed by atoms with Gasteiger partial charge in [0, 0.05) is 16.6 Å². The van der Waals surface area contributed by atoms with Gasteiger partial charge in [0.15, 0.2) is 5.82 Å². The minimum Gasteiger partial charge on any atom is -0.321 e. The van der Waals surface area contributed by atoms with Gasteiger partial charge in [-0.25, -0.2) is 8.78 Å². The molecule has 236 valence electrons. The maximum atomic E-state index is 15.8. The van der Waals surface area contributed by atoms with Gasteiger partial charge < -0.3 is 10.2 Å². The van der Waals surface area contributed by atoms with E-state index in [1.54, 1.807) is 23.5 Å². The molecule has 0 atom stereocenters. The van der Waals surface area contributed by atoms with Crippen LogP contribution in [0.4, 0.5) is 59.7 Å². The molecule has 1 fully saturated rings. The summed E-state index contributed by atoms with van der Waals surface area (Å²) in [5.74, 6) is -3.59. The Hall–Kier alpha value is -3.69. The molecule has 1 aliphatic carbocycles. The first-order chi connectivity index (χ1) is 20.3. The molecular weight excluding hydrogens is 685 g/mol. The molecule has 1 saturated carbocycles. The summed E-state index contributed by atoms with van der Waals surface area (Å²) in [4.78, 5) is 27.4. The molecule has 3 aromatic rings. The molecule has 3 aromatic carbocycles. The molecule has 0 spiro atoms. The number of halogens is 12. The summed E-state index contributed by atoms with van der Waals surface area (Å²) >= 11 is 3.23. The smallest absolute Gasteiger partial charge is 0.321 e. The molecule has 2 amide bonds. The van der Waals surface area contributed by atoms with Gasteiger partial charge in [0.1, 0.15) is 0 Å². The summed E-state index contributed by atoms with van der Waals surface area (Å²) in [6.07, 6.45) is -17.6. The fourth-order valence-electron chi connectivity index (χ4n) is 4.31. The van der Waals surface area contributed by atoms with Crippen LogP contribution in [0.15, 0.2) is 65.1 Å². The van der Waals surface area contributed by atoms with Gasteiger partial charge in [-0.3, -0.25) is 9.59 Å². The minimum atomic E-state index is -6.69. The van der Waals surface area contributed by atoms with Crippen molar-refractivity contribution in [2.24, 2.45) is 5.92 Å². The van der Waals surface area contributed by atoms with Crippen LogP contribution in [-0.4, -0.2) is 30.7 Å². The van der Waals surface area contributed by atoms with E-state index in [4.69, 9.17) is 0 Å². The van der Waals surface area contributed by atoms with Crippen molar-refractivity contribution in [3.63, 3.8) is 0 Å². The van der Waals surface area contributed by atoms with Crippen LogP contribution in [0.1, 0.15) is 44.7 Å². The molecule has 0 aliphatic heterocycles. The molecule has 1 N–H and O–H groups in total. The van der Waals surface area contributed by atoms with Gasteiger partial charge in [-0.1, -0.05) is 24.3 Å². The Morgan fingerprint density at radius 3 is 1.95 bits per heavy atom. The van der Waals surface area contributed by atoms with Crippen molar-refractivity contribution in [1.29, 1.82) is 0 Å². The molecule has 0 radical (unpaired) electrons. The minimum absolute atomic E-state index is 0.000519. The number of carbonyl (C=O) groups is 2. The number of benzene rings is 3. The molecule has 0 saturated heterocycles. The molecule has 0 heterocycles. The van der Waals surface area contributed by atoms with Crippen molar-refractivity contribution >= 4 is 39.1 Å². The molecule has 0 unspecified atom stereocenters. The lowest BCUT2D eigenvalue weighted by molar-refractivity contribution is -0.348. The second kappa shape index (κ2) is 11.7. The molecule has 44 heavy (non-hydrogen) atoms. The number of rotatable bonds is 7. The van der Waals surface area contributed by atoms with E-state index < -0.39 is 76.0 Å². The van der Waals surface area contributed by atoms with Gasteiger partial charge in [0.05, 0.1) is 28.1 Å². The average Bonchev–Trinajstić information content (AvgIpc) is 3.74. The highest BCUT2D eigenvalue weighted by Gasteiger charge is 2.73. The quantitative estimate of drug-likeness (QED) is 0.250. The first-order valence-corrected chi connectivity index (χ1v) is 13.3. The average molecular weight is 703 g/mol. The van der Waals surface area contributed by atoms with Crippen LogP contribution < -0.4 is 10.2 Å². The van der Waals surface area contributed by atoms with Crippen LogP contribution in [0, 0.1) is 11.7 Å². The number of nitrogens with zero attached hydrogens (tertiary/aromatic N) is 1. The summed E-state index contributed by atoms with van der Waals surface area (Å²) in [6, 6.07) is 8.35. The molecule has 0 bridgehead atoms. The van der Waals surface area contributed by atoms with Gasteiger partial charge in [0.25, 0.3) is 11.8 Å². The number of anilines is 2. The third-order valence-corrected chi connectivity index (χ3v) is 7.44. The summed E-state index contributed by atoms with van der Waals surface area (Å²) in [7, 11) is 0. The third-order valence-electron chi connectivity index (χ3n) is 6.75. The second-order valence-corrected chi connectivity index (χ2v) is 10.7. The zero-order valence-electron chi connectivity index (χ0n) is 21.8. The largest absolute Gasteiger partial charge is 0.435 e. The SMILES string of the molecule is O=C(Nc1ccc(C(F)(C(F)(F)F)C(F)(F)F)cc1C(F)(F)F)c1cccc(N(CC2CC2)C(=O)c2ccccc2Br)c1F. The van der Waals surface area contributed by atoms with Gasteiger partial charge in [-0.2, -0.15) is 39.5 Å². The lowest BCUT2D eigenvalue weighted by Gasteiger charge is -2.31. The molecule has 4 rings (SSSR count). The van der Waals surface area contributed by atoms with E-state index in [9.17, 15) is 53.5 Å². The van der Waals surface area contributed by atoms with Crippen molar-refractivity contribution < 1.29 is 57.9 Å². The van der Waals surface area contributed by atoms with E-state index in [0.717, 1.165) is 35.9 Å². The predicted octanol–water partition coefficient (Wildman–Crippen LogP) is 9.21. The highest BCUT2D eigenvalue weighted by molar-refractivity contribution is 9.10. The first kappa shape index (κ1) is 33.2. The fraction of sp³-hybridized carbons (Fsp3) is 0.286. The van der Waals surface area contributed by atoms with Gasteiger partial charge in [-0.15, -0.1) is 0 Å². The Morgan fingerprint density at radius 2 is 1.41 bits per heavy atom. The van der Waals surface area contributed by atoms with Crippen LogP contribution in [-0.2, 0) is 11.8 Å². The number of hydrogen-bond donors (Lipinski definition) is 1. The third kappa shape index (κ3) is 6.40. The number of alkyl halides is 10. The van der Waals surface area contributed by atoms with Crippen molar-refractivity contribution in [2.75, 3.05) is 16.8 Å². The molecule has 0 aromatic heterocycles. The number of hydrogen-bond acceptors (Lipinski definition) is 2. The highest BCUT2D eigenvalue weighted by Crippen LogP contribution is 2.54.